The largest absolute Gasteiger partial charge is 0.432 e. The van der Waals surface area contributed by atoms with Crippen molar-refractivity contribution in [3.63, 3.8) is 0 Å². The van der Waals surface area contributed by atoms with Gasteiger partial charge in [-0.25, -0.2) is 31.9 Å². The van der Waals surface area contributed by atoms with Crippen molar-refractivity contribution in [3.05, 3.63) is 374 Å². The SMILES string of the molecule is CC1=C(c2ccc(CC(=O)c3c(F)cccc3F)cc2)CN(c2nc3ccccc3o2)CC1.CC1=C(c2ccc(CC(=O)c3ccncc3F)cc2)CN(c2ccccn2)CC1.CC1=C(c2ccc(CC(=O)c3ccncc3F)cc2)CN(c2nc3ccccc3o2)CC1.CC1=C(c2ccc(CC(=O)c3ccncc3F)cc2)CN(c2ncco2)CC1. The molecule has 0 atom stereocenters. The molecule has 0 bridgehead atoms. The highest BCUT2D eigenvalue weighted by molar-refractivity contribution is 6.00. The fourth-order valence-electron chi connectivity index (χ4n) is 15.4. The van der Waals surface area contributed by atoms with Crippen LogP contribution in [0.4, 0.5) is 45.8 Å². The summed E-state index contributed by atoms with van der Waals surface area (Å²) in [6.45, 7) is 15.0. The van der Waals surface area contributed by atoms with Gasteiger partial charge in [-0.2, -0.15) is 9.97 Å². The van der Waals surface area contributed by atoms with E-state index in [0.717, 1.165) is 163 Å². The molecule has 0 radical (unpaired) electrons. The lowest BCUT2D eigenvalue weighted by Crippen LogP contribution is -2.31. The highest BCUT2D eigenvalue weighted by Crippen LogP contribution is 2.36. The number of rotatable bonds is 20. The van der Waals surface area contributed by atoms with Crippen molar-refractivity contribution in [2.45, 2.75) is 79.1 Å². The zero-order chi connectivity index (χ0) is 84.8. The number of hydrogen-bond donors (Lipinski definition) is 0. The van der Waals surface area contributed by atoms with Crippen molar-refractivity contribution in [2.24, 2.45) is 0 Å². The molecular formula is C99H86F5N11O7. The summed E-state index contributed by atoms with van der Waals surface area (Å²) < 4.78 is 86.5. The van der Waals surface area contributed by atoms with Crippen molar-refractivity contribution in [2.75, 3.05) is 72.0 Å². The van der Waals surface area contributed by atoms with Crippen LogP contribution in [0.1, 0.15) is 139 Å². The van der Waals surface area contributed by atoms with Crippen LogP contribution in [0.25, 0.3) is 44.5 Å². The Bertz CT molecular complexity index is 6180. The van der Waals surface area contributed by atoms with Gasteiger partial charge in [-0.1, -0.05) is 156 Å². The zero-order valence-corrected chi connectivity index (χ0v) is 67.7. The number of carbonyl (C=O) groups is 4. The number of ketones is 4. The first kappa shape index (κ1) is 82.9. The maximum absolute atomic E-state index is 13.9. The summed E-state index contributed by atoms with van der Waals surface area (Å²) in [5.41, 5.74) is 20.9. The Hall–Kier alpha value is -14.2. The first-order valence-corrected chi connectivity index (χ1v) is 40.3. The summed E-state index contributed by atoms with van der Waals surface area (Å²) in [5, 5.41) is 0. The van der Waals surface area contributed by atoms with Crippen LogP contribution in [0.15, 0.2) is 292 Å². The molecule has 4 aliphatic rings. The average molecular weight is 1640 g/mol. The van der Waals surface area contributed by atoms with Crippen LogP contribution in [-0.4, -0.2) is 110 Å². The minimum atomic E-state index is -0.834. The minimum absolute atomic E-state index is 0.0643. The number of oxazole rings is 3. The molecule has 0 saturated carbocycles. The minimum Gasteiger partial charge on any atom is -0.432 e. The van der Waals surface area contributed by atoms with Crippen LogP contribution in [0, 0.1) is 29.1 Å². The number of pyridine rings is 4. The van der Waals surface area contributed by atoms with Crippen LogP contribution >= 0.6 is 0 Å². The molecule has 14 aromatic rings. The molecule has 0 N–H and O–H groups in total. The van der Waals surface area contributed by atoms with E-state index in [4.69, 9.17) is 13.3 Å². The quantitative estimate of drug-likeness (QED) is 0.0513. The molecule has 7 aromatic carbocycles. The van der Waals surface area contributed by atoms with E-state index in [9.17, 15) is 41.1 Å². The second-order valence-electron chi connectivity index (χ2n) is 30.5. The molecule has 0 unspecified atom stereocenters. The number of para-hydroxylation sites is 4. The van der Waals surface area contributed by atoms with E-state index in [2.05, 4.69) is 82.2 Å². The molecule has 18 nitrogen and oxygen atoms in total. The molecule has 4 aliphatic heterocycles. The number of fused-ring (bicyclic) bond motifs is 2. The molecule has 0 amide bonds. The third-order valence-electron chi connectivity index (χ3n) is 22.4. The van der Waals surface area contributed by atoms with Crippen LogP contribution in [0.2, 0.25) is 0 Å². The van der Waals surface area contributed by atoms with E-state index in [1.165, 1.54) is 87.4 Å². The summed E-state index contributed by atoms with van der Waals surface area (Å²) in [6, 6.07) is 62.4. The lowest BCUT2D eigenvalue weighted by atomic mass is 9.93. The molecule has 614 valence electrons. The lowest BCUT2D eigenvalue weighted by molar-refractivity contribution is 0.0977. The number of Topliss-reactive ketones (excluding diaryl/α,β-unsaturated/α-hetero) is 4. The molecule has 0 saturated heterocycles. The first-order valence-electron chi connectivity index (χ1n) is 40.3. The van der Waals surface area contributed by atoms with Crippen molar-refractivity contribution in [1.82, 2.24) is 34.9 Å². The van der Waals surface area contributed by atoms with E-state index < -0.39 is 40.4 Å². The number of carbonyl (C=O) groups excluding carboxylic acids is 4. The van der Waals surface area contributed by atoms with Crippen LogP contribution in [0.3, 0.4) is 0 Å². The van der Waals surface area contributed by atoms with E-state index in [0.29, 0.717) is 36.7 Å². The third-order valence-corrected chi connectivity index (χ3v) is 22.4. The zero-order valence-electron chi connectivity index (χ0n) is 67.7. The van der Waals surface area contributed by atoms with Crippen LogP contribution < -0.4 is 19.6 Å². The van der Waals surface area contributed by atoms with E-state index in [1.54, 1.807) is 12.5 Å². The molecule has 0 aliphatic carbocycles. The van der Waals surface area contributed by atoms with Gasteiger partial charge in [-0.15, -0.1) is 0 Å². The predicted octanol–water partition coefficient (Wildman–Crippen LogP) is 20.7. The van der Waals surface area contributed by atoms with Gasteiger partial charge >= 0.3 is 0 Å². The van der Waals surface area contributed by atoms with Gasteiger partial charge in [0.2, 0.25) is 0 Å². The fourth-order valence-corrected chi connectivity index (χ4v) is 15.4. The average Bonchev–Trinajstić information content (AvgIpc) is 1.63. The fraction of sp³-hybridized carbons (Fsp3) is 0.202. The normalized spacial score (nSPS) is 14.3. The van der Waals surface area contributed by atoms with Gasteiger partial charge < -0.3 is 32.9 Å². The number of anilines is 4. The first-order chi connectivity index (χ1) is 59.3. The number of hydrogen-bond acceptors (Lipinski definition) is 18. The lowest BCUT2D eigenvalue weighted by Gasteiger charge is -2.31. The standard InChI is InChI=1S/C27H22F2N2O2.C26H22FN3O2.C24H22FN3O.C22H20FN3O2/c1-17-13-14-31(27-30-23-7-2-3-8-25(23)33-27)16-20(17)19-11-9-18(10-12-19)15-24(32)26-21(28)5-4-6-22(26)29;1-17-11-13-30(26-29-23-4-2-3-5-25(23)32-26)16-21(17)19-8-6-18(7-9-19)14-24(31)20-10-12-28-15-22(20)27;1-17-10-13-28(24-4-2-3-11-27-24)16-21(17)19-7-5-18(6-8-19)14-23(29)20-9-12-26-15-22(20)25;1-15-7-10-26(22-25-9-11-28-22)14-19(15)17-4-2-16(3-5-17)12-21(27)18-6-8-24-13-20(18)23/h2-12H,13-16H2,1H3;2-10,12,15H,11,13-14,16H2,1H3;2-9,11-12,15H,10,13-14,16H2,1H3;2-6,8-9,11,13H,7,10,12,14H2,1H3. The maximum Gasteiger partial charge on any atom is 0.298 e. The van der Waals surface area contributed by atoms with E-state index in [1.807, 2.05) is 170 Å². The Morgan fingerprint density at radius 1 is 0.336 bits per heavy atom. The van der Waals surface area contributed by atoms with Gasteiger partial charge in [0.15, 0.2) is 51.8 Å². The number of nitrogens with zero attached hydrogens (tertiary/aromatic N) is 11. The van der Waals surface area contributed by atoms with Gasteiger partial charge in [0.1, 0.15) is 34.7 Å². The highest BCUT2D eigenvalue weighted by Gasteiger charge is 2.28. The predicted molar refractivity (Wildman–Crippen MR) is 463 cm³/mol. The number of benzene rings is 7. The Labute approximate surface area is 702 Å². The van der Waals surface area contributed by atoms with Gasteiger partial charge in [0.25, 0.3) is 18.0 Å². The molecule has 7 aromatic heterocycles. The molecule has 0 fully saturated rings. The third kappa shape index (κ3) is 19.9. The number of halogens is 5. The highest BCUT2D eigenvalue weighted by atomic mass is 19.1. The second-order valence-corrected chi connectivity index (χ2v) is 30.5. The summed E-state index contributed by atoms with van der Waals surface area (Å²) in [6.07, 6.45) is 16.7. The van der Waals surface area contributed by atoms with Gasteiger partial charge in [-0.05, 0) is 187 Å². The molecule has 0 spiro atoms. The van der Waals surface area contributed by atoms with Crippen molar-refractivity contribution in [3.8, 4) is 0 Å². The van der Waals surface area contributed by atoms with Crippen molar-refractivity contribution >= 4 is 91.5 Å². The van der Waals surface area contributed by atoms with E-state index in [-0.39, 0.29) is 59.7 Å². The Balaban J connectivity index is 0.000000127. The summed E-state index contributed by atoms with van der Waals surface area (Å²) in [5.74, 6) is -3.76. The number of aromatic nitrogens is 7. The topological polar surface area (TPSA) is 211 Å². The summed E-state index contributed by atoms with van der Waals surface area (Å²) >= 11 is 0. The maximum atomic E-state index is 13.9. The van der Waals surface area contributed by atoms with Gasteiger partial charge in [-0.3, -0.25) is 34.1 Å². The smallest absolute Gasteiger partial charge is 0.298 e. The van der Waals surface area contributed by atoms with Gasteiger partial charge in [0.05, 0.1) is 47.0 Å². The Morgan fingerprint density at radius 3 is 1.02 bits per heavy atom. The van der Waals surface area contributed by atoms with Crippen LogP contribution in [-0.2, 0) is 25.7 Å². The van der Waals surface area contributed by atoms with Gasteiger partial charge in [0, 0.05) is 103 Å². The molecule has 18 rings (SSSR count). The molecular weight excluding hydrogens is 1550 g/mol. The second kappa shape index (κ2) is 38.2. The van der Waals surface area contributed by atoms with Crippen molar-refractivity contribution < 1.29 is 54.4 Å². The van der Waals surface area contributed by atoms with E-state index >= 15 is 0 Å². The Kier molecular flexibility index (Phi) is 26.0. The molecule has 122 heavy (non-hydrogen) atoms. The molecule has 23 heteroatoms. The van der Waals surface area contributed by atoms with Crippen LogP contribution in [0.5, 0.6) is 0 Å². The summed E-state index contributed by atoms with van der Waals surface area (Å²) in [7, 11) is 0. The Morgan fingerprint density at radius 2 is 0.680 bits per heavy atom. The summed E-state index contributed by atoms with van der Waals surface area (Å²) in [4.78, 5) is 87.3. The molecule has 11 heterocycles. The van der Waals surface area contributed by atoms with Crippen molar-refractivity contribution in [1.29, 1.82) is 0 Å². The monoisotopic (exact) mass is 1640 g/mol.